The van der Waals surface area contributed by atoms with Crippen molar-refractivity contribution in [3.05, 3.63) is 27.3 Å². The molecule has 1 aliphatic heterocycles. The minimum atomic E-state index is 0.525. The summed E-state index contributed by atoms with van der Waals surface area (Å²) in [5.41, 5.74) is 1.38. The van der Waals surface area contributed by atoms with Crippen LogP contribution < -0.4 is 10.1 Å². The van der Waals surface area contributed by atoms with Crippen LogP contribution in [0, 0.1) is 3.57 Å². The Morgan fingerprint density at radius 2 is 2.36 bits per heavy atom. The van der Waals surface area contributed by atoms with E-state index in [9.17, 15) is 0 Å². The van der Waals surface area contributed by atoms with E-state index in [0.717, 1.165) is 12.3 Å². The second kappa shape index (κ2) is 4.49. The molecule has 1 atom stereocenters. The fourth-order valence-electron chi connectivity index (χ4n) is 1.87. The van der Waals surface area contributed by atoms with Crippen LogP contribution in [0.4, 0.5) is 0 Å². The van der Waals surface area contributed by atoms with Gasteiger partial charge >= 0.3 is 0 Å². The summed E-state index contributed by atoms with van der Waals surface area (Å²) in [5, 5.41) is 3.50. The molecule has 0 aromatic heterocycles. The third kappa shape index (κ3) is 2.03. The molecule has 0 saturated carbocycles. The lowest BCUT2D eigenvalue weighted by Gasteiger charge is -2.13. The first-order chi connectivity index (χ1) is 6.81. The molecule has 2 nitrogen and oxygen atoms in total. The number of methoxy groups -OCH3 is 1. The summed E-state index contributed by atoms with van der Waals surface area (Å²) in [7, 11) is 1.72. The zero-order chi connectivity index (χ0) is 9.97. The third-order valence-corrected chi connectivity index (χ3v) is 3.62. The molecule has 3 heteroatoms. The van der Waals surface area contributed by atoms with Gasteiger partial charge in [0.1, 0.15) is 5.75 Å². The molecular weight excluding hydrogens is 289 g/mol. The van der Waals surface area contributed by atoms with Crippen molar-refractivity contribution in [2.45, 2.75) is 18.9 Å². The minimum Gasteiger partial charge on any atom is -0.497 e. The van der Waals surface area contributed by atoms with Crippen LogP contribution >= 0.6 is 22.6 Å². The predicted octanol–water partition coefficient (Wildman–Crippen LogP) is 2.72. The molecule has 1 aliphatic rings. The highest BCUT2D eigenvalue weighted by atomic mass is 127. The van der Waals surface area contributed by atoms with Gasteiger partial charge in [0.15, 0.2) is 0 Å². The van der Waals surface area contributed by atoms with Crippen LogP contribution in [0.2, 0.25) is 0 Å². The average Bonchev–Trinajstić information content (AvgIpc) is 2.71. The van der Waals surface area contributed by atoms with E-state index in [1.165, 1.54) is 22.0 Å². The van der Waals surface area contributed by atoms with Crippen LogP contribution in [0.3, 0.4) is 0 Å². The van der Waals surface area contributed by atoms with Gasteiger partial charge in [-0.05, 0) is 65.7 Å². The molecule has 0 bridgehead atoms. The zero-order valence-electron chi connectivity index (χ0n) is 8.22. The average molecular weight is 303 g/mol. The van der Waals surface area contributed by atoms with Crippen molar-refractivity contribution in [1.29, 1.82) is 0 Å². The summed E-state index contributed by atoms with van der Waals surface area (Å²) in [5.74, 6) is 0.953. The molecule has 2 rings (SSSR count). The monoisotopic (exact) mass is 303 g/mol. The highest BCUT2D eigenvalue weighted by molar-refractivity contribution is 14.1. The summed E-state index contributed by atoms with van der Waals surface area (Å²) in [6, 6.07) is 6.80. The molecule has 0 unspecified atom stereocenters. The fourth-order valence-corrected chi connectivity index (χ4v) is 2.58. The van der Waals surface area contributed by atoms with Gasteiger partial charge in [0.25, 0.3) is 0 Å². The van der Waals surface area contributed by atoms with Crippen molar-refractivity contribution in [1.82, 2.24) is 5.32 Å². The summed E-state index contributed by atoms with van der Waals surface area (Å²) < 4.78 is 6.56. The number of nitrogens with one attached hydrogen (secondary N) is 1. The quantitative estimate of drug-likeness (QED) is 0.848. The molecule has 0 amide bonds. The summed E-state index contributed by atoms with van der Waals surface area (Å²) in [6.07, 6.45) is 2.52. The maximum Gasteiger partial charge on any atom is 0.119 e. The Balaban J connectivity index is 2.29. The number of ether oxygens (including phenoxy) is 1. The van der Waals surface area contributed by atoms with Crippen LogP contribution in [0.1, 0.15) is 24.4 Å². The van der Waals surface area contributed by atoms with Gasteiger partial charge < -0.3 is 10.1 Å². The Bertz CT molecular complexity index is 321. The number of halogens is 1. The SMILES string of the molecule is COc1ccc(I)c([C@H]2CCCN2)c1. The first-order valence-electron chi connectivity index (χ1n) is 4.88. The third-order valence-electron chi connectivity index (χ3n) is 2.64. The maximum absolute atomic E-state index is 5.24. The minimum absolute atomic E-state index is 0.525. The van der Waals surface area contributed by atoms with E-state index in [-0.39, 0.29) is 0 Å². The highest BCUT2D eigenvalue weighted by Crippen LogP contribution is 2.29. The summed E-state index contributed by atoms with van der Waals surface area (Å²) >= 11 is 2.39. The van der Waals surface area contributed by atoms with Crippen LogP contribution in [0.5, 0.6) is 5.75 Å². The van der Waals surface area contributed by atoms with Gasteiger partial charge in [-0.25, -0.2) is 0 Å². The molecule has 0 spiro atoms. The van der Waals surface area contributed by atoms with E-state index in [4.69, 9.17) is 4.74 Å². The van der Waals surface area contributed by atoms with Crippen molar-refractivity contribution >= 4 is 22.6 Å². The van der Waals surface area contributed by atoms with Crippen molar-refractivity contribution in [3.63, 3.8) is 0 Å². The second-order valence-corrected chi connectivity index (χ2v) is 4.70. The number of hydrogen-bond donors (Lipinski definition) is 1. The smallest absolute Gasteiger partial charge is 0.119 e. The molecule has 1 N–H and O–H groups in total. The fraction of sp³-hybridized carbons (Fsp3) is 0.455. The van der Waals surface area contributed by atoms with Crippen LogP contribution in [-0.2, 0) is 0 Å². The van der Waals surface area contributed by atoms with Gasteiger partial charge in [-0.3, -0.25) is 0 Å². The lowest BCUT2D eigenvalue weighted by molar-refractivity contribution is 0.413. The van der Waals surface area contributed by atoms with E-state index in [1.54, 1.807) is 7.11 Å². The van der Waals surface area contributed by atoms with Gasteiger partial charge in [0.05, 0.1) is 7.11 Å². The van der Waals surface area contributed by atoms with Gasteiger partial charge in [0.2, 0.25) is 0 Å². The van der Waals surface area contributed by atoms with E-state index < -0.39 is 0 Å². The Kier molecular flexibility index (Phi) is 3.28. The van der Waals surface area contributed by atoms with Crippen molar-refractivity contribution < 1.29 is 4.74 Å². The Labute approximate surface area is 98.2 Å². The van der Waals surface area contributed by atoms with Crippen molar-refractivity contribution in [3.8, 4) is 5.75 Å². The van der Waals surface area contributed by atoms with Gasteiger partial charge in [-0.1, -0.05) is 0 Å². The molecule has 0 aliphatic carbocycles. The van der Waals surface area contributed by atoms with Gasteiger partial charge in [-0.2, -0.15) is 0 Å². The number of benzene rings is 1. The Morgan fingerprint density at radius 1 is 1.50 bits per heavy atom. The number of hydrogen-bond acceptors (Lipinski definition) is 2. The molecule has 1 fully saturated rings. The lowest BCUT2D eigenvalue weighted by atomic mass is 10.1. The second-order valence-electron chi connectivity index (χ2n) is 3.54. The Morgan fingerprint density at radius 3 is 3.00 bits per heavy atom. The van der Waals surface area contributed by atoms with E-state index in [0.29, 0.717) is 6.04 Å². The Hall–Kier alpha value is -0.290. The normalized spacial score (nSPS) is 21.1. The first-order valence-corrected chi connectivity index (χ1v) is 5.96. The summed E-state index contributed by atoms with van der Waals surface area (Å²) in [4.78, 5) is 0. The molecule has 1 heterocycles. The van der Waals surface area contributed by atoms with Crippen molar-refractivity contribution in [2.75, 3.05) is 13.7 Å². The summed E-state index contributed by atoms with van der Waals surface area (Å²) in [6.45, 7) is 1.14. The van der Waals surface area contributed by atoms with Crippen LogP contribution in [0.25, 0.3) is 0 Å². The first kappa shape index (κ1) is 10.2. The lowest BCUT2D eigenvalue weighted by Crippen LogP contribution is -2.14. The topological polar surface area (TPSA) is 21.3 Å². The standard InChI is InChI=1S/C11H14INO/c1-14-8-4-5-10(12)9(7-8)11-3-2-6-13-11/h4-5,7,11,13H,2-3,6H2,1H3/t11-/m1/s1. The molecule has 1 saturated heterocycles. The van der Waals surface area contributed by atoms with Crippen LogP contribution in [0.15, 0.2) is 18.2 Å². The molecule has 14 heavy (non-hydrogen) atoms. The van der Waals surface area contributed by atoms with Gasteiger partial charge in [-0.15, -0.1) is 0 Å². The van der Waals surface area contributed by atoms with Crippen LogP contribution in [-0.4, -0.2) is 13.7 Å². The maximum atomic E-state index is 5.24. The van der Waals surface area contributed by atoms with E-state index >= 15 is 0 Å². The molecular formula is C11H14INO. The largest absolute Gasteiger partial charge is 0.497 e. The molecule has 1 aromatic carbocycles. The highest BCUT2D eigenvalue weighted by Gasteiger charge is 2.18. The molecule has 0 radical (unpaired) electrons. The van der Waals surface area contributed by atoms with E-state index in [2.05, 4.69) is 40.0 Å². The number of rotatable bonds is 2. The van der Waals surface area contributed by atoms with Crippen molar-refractivity contribution in [2.24, 2.45) is 0 Å². The van der Waals surface area contributed by atoms with E-state index in [1.807, 2.05) is 6.07 Å². The van der Waals surface area contributed by atoms with Gasteiger partial charge in [0, 0.05) is 9.61 Å². The zero-order valence-corrected chi connectivity index (χ0v) is 10.4. The molecule has 1 aromatic rings. The predicted molar refractivity (Wildman–Crippen MR) is 65.7 cm³/mol. The molecule has 76 valence electrons.